The molecule has 1 fully saturated rings. The first-order valence-electron chi connectivity index (χ1n) is 21.7. The van der Waals surface area contributed by atoms with E-state index in [1.807, 2.05) is 0 Å². The Hall–Kier alpha value is -2.83. The SMILES string of the molecule is CCCC=CCCCCCCCCCCCCCO[C@@H]1O[C@H](CO)[C@H](O)[C@H](OC(=O)c2ccccc2)[C@H]1OCCCCC(C(=O)OC(C)(C)C)C(=O)OC(C)(C)C. The molecule has 0 aromatic heterocycles. The number of allylic oxidation sites excluding steroid dienone is 2. The van der Waals surface area contributed by atoms with Crippen LogP contribution in [0.1, 0.15) is 168 Å². The van der Waals surface area contributed by atoms with Gasteiger partial charge in [-0.25, -0.2) is 4.79 Å². The molecule has 1 aromatic carbocycles. The summed E-state index contributed by atoms with van der Waals surface area (Å²) in [7, 11) is 0. The van der Waals surface area contributed by atoms with Crippen LogP contribution in [0.25, 0.3) is 0 Å². The van der Waals surface area contributed by atoms with E-state index in [0.29, 0.717) is 25.0 Å². The van der Waals surface area contributed by atoms with Gasteiger partial charge in [0.1, 0.15) is 29.5 Å². The molecule has 0 radical (unpaired) electrons. The summed E-state index contributed by atoms with van der Waals surface area (Å²) in [5, 5.41) is 21.3. The first-order chi connectivity index (χ1) is 27.2. The first-order valence-corrected chi connectivity index (χ1v) is 21.7. The van der Waals surface area contributed by atoms with Gasteiger partial charge in [-0.3, -0.25) is 9.59 Å². The van der Waals surface area contributed by atoms with Crippen molar-refractivity contribution in [3.63, 3.8) is 0 Å². The first kappa shape index (κ1) is 50.3. The van der Waals surface area contributed by atoms with Crippen LogP contribution in [0.4, 0.5) is 0 Å². The number of carbonyl (C=O) groups is 3. The van der Waals surface area contributed by atoms with Crippen molar-refractivity contribution in [3.05, 3.63) is 48.0 Å². The van der Waals surface area contributed by atoms with Crippen LogP contribution >= 0.6 is 0 Å². The van der Waals surface area contributed by atoms with Crippen molar-refractivity contribution in [3.8, 4) is 0 Å². The summed E-state index contributed by atoms with van der Waals surface area (Å²) < 4.78 is 35.3. The Morgan fingerprint density at radius 2 is 1.21 bits per heavy atom. The van der Waals surface area contributed by atoms with Gasteiger partial charge in [-0.15, -0.1) is 0 Å². The van der Waals surface area contributed by atoms with Crippen LogP contribution in [0.2, 0.25) is 0 Å². The molecule has 0 bridgehead atoms. The fourth-order valence-electron chi connectivity index (χ4n) is 6.56. The summed E-state index contributed by atoms with van der Waals surface area (Å²) in [5.74, 6) is -3.06. The summed E-state index contributed by atoms with van der Waals surface area (Å²) in [6, 6.07) is 8.44. The van der Waals surface area contributed by atoms with Crippen molar-refractivity contribution in [1.29, 1.82) is 0 Å². The largest absolute Gasteiger partial charge is 0.459 e. The Bertz CT molecular complexity index is 1240. The number of hydrogen-bond donors (Lipinski definition) is 2. The smallest absolute Gasteiger partial charge is 0.338 e. The molecular weight excluding hydrogens is 728 g/mol. The molecule has 0 amide bonds. The Labute approximate surface area is 343 Å². The van der Waals surface area contributed by atoms with E-state index in [2.05, 4.69) is 19.1 Å². The topological polar surface area (TPSA) is 147 Å². The van der Waals surface area contributed by atoms with E-state index in [9.17, 15) is 24.6 Å². The van der Waals surface area contributed by atoms with Gasteiger partial charge in [0.05, 0.1) is 12.2 Å². The molecular formula is C46H76O11. The molecule has 1 aliphatic rings. The zero-order valence-corrected chi connectivity index (χ0v) is 36.2. The van der Waals surface area contributed by atoms with Crippen LogP contribution in [0, 0.1) is 5.92 Å². The van der Waals surface area contributed by atoms with Gasteiger partial charge in [-0.05, 0) is 98.6 Å². The highest BCUT2D eigenvalue weighted by Gasteiger charge is 2.49. The zero-order chi connectivity index (χ0) is 42.1. The third kappa shape index (κ3) is 21.7. The Morgan fingerprint density at radius 3 is 1.75 bits per heavy atom. The van der Waals surface area contributed by atoms with Crippen molar-refractivity contribution in [2.75, 3.05) is 19.8 Å². The number of hydrogen-bond acceptors (Lipinski definition) is 11. The minimum atomic E-state index is -1.39. The second-order valence-electron chi connectivity index (χ2n) is 17.2. The maximum Gasteiger partial charge on any atom is 0.338 e. The number of unbranched alkanes of at least 4 members (excludes halogenated alkanes) is 13. The Kier molecular flexibility index (Phi) is 24.5. The maximum absolute atomic E-state index is 13.2. The van der Waals surface area contributed by atoms with Crippen molar-refractivity contribution in [2.24, 2.45) is 5.92 Å². The molecule has 1 saturated heterocycles. The average molecular weight is 805 g/mol. The number of benzene rings is 1. The molecule has 2 rings (SSSR count). The van der Waals surface area contributed by atoms with Gasteiger partial charge in [0.25, 0.3) is 0 Å². The van der Waals surface area contributed by atoms with E-state index in [4.69, 9.17) is 28.4 Å². The number of esters is 3. The second-order valence-corrected chi connectivity index (χ2v) is 17.2. The summed E-state index contributed by atoms with van der Waals surface area (Å²) >= 11 is 0. The number of aliphatic hydroxyl groups is 2. The van der Waals surface area contributed by atoms with Gasteiger partial charge < -0.3 is 38.6 Å². The third-order valence-corrected chi connectivity index (χ3v) is 9.55. The maximum atomic E-state index is 13.2. The predicted molar refractivity (Wildman–Crippen MR) is 222 cm³/mol. The quantitative estimate of drug-likeness (QED) is 0.0275. The van der Waals surface area contributed by atoms with Gasteiger partial charge in [0, 0.05) is 13.2 Å². The number of rotatable bonds is 28. The summed E-state index contributed by atoms with van der Waals surface area (Å²) in [5.41, 5.74) is -1.25. The lowest BCUT2D eigenvalue weighted by Gasteiger charge is -2.43. The molecule has 57 heavy (non-hydrogen) atoms. The van der Waals surface area contributed by atoms with E-state index in [1.165, 1.54) is 70.6 Å². The highest BCUT2D eigenvalue weighted by atomic mass is 16.7. The normalized spacial score (nSPS) is 20.2. The lowest BCUT2D eigenvalue weighted by atomic mass is 9.98. The molecule has 2 N–H and O–H groups in total. The molecule has 5 atom stereocenters. The summed E-state index contributed by atoms with van der Waals surface area (Å²) in [6.45, 7) is 12.6. The molecule has 0 unspecified atom stereocenters. The third-order valence-electron chi connectivity index (χ3n) is 9.55. The molecule has 1 aliphatic heterocycles. The highest BCUT2D eigenvalue weighted by Crippen LogP contribution is 2.29. The van der Waals surface area contributed by atoms with Crippen LogP contribution in [-0.2, 0) is 38.0 Å². The van der Waals surface area contributed by atoms with E-state index >= 15 is 0 Å². The number of aliphatic hydroxyl groups excluding tert-OH is 2. The monoisotopic (exact) mass is 805 g/mol. The average Bonchev–Trinajstić information content (AvgIpc) is 3.14. The van der Waals surface area contributed by atoms with Gasteiger partial charge in [0.2, 0.25) is 0 Å². The van der Waals surface area contributed by atoms with Crippen LogP contribution < -0.4 is 0 Å². The van der Waals surface area contributed by atoms with Crippen molar-refractivity contribution in [2.45, 2.75) is 200 Å². The van der Waals surface area contributed by atoms with Gasteiger partial charge >= 0.3 is 17.9 Å². The van der Waals surface area contributed by atoms with Gasteiger partial charge in [-0.1, -0.05) is 101 Å². The summed E-state index contributed by atoms with van der Waals surface area (Å²) in [4.78, 5) is 39.2. The molecule has 1 heterocycles. The predicted octanol–water partition coefficient (Wildman–Crippen LogP) is 9.20. The molecule has 11 heteroatoms. The molecule has 326 valence electrons. The second kappa shape index (κ2) is 27.8. The minimum Gasteiger partial charge on any atom is -0.459 e. The minimum absolute atomic E-state index is 0.121. The molecule has 0 aliphatic carbocycles. The lowest BCUT2D eigenvalue weighted by Crippen LogP contribution is -2.61. The van der Waals surface area contributed by atoms with Crippen LogP contribution in [0.5, 0.6) is 0 Å². The van der Waals surface area contributed by atoms with Crippen molar-refractivity contribution < 1.29 is 53.0 Å². The number of ether oxygens (including phenoxy) is 6. The van der Waals surface area contributed by atoms with Crippen LogP contribution in [0.15, 0.2) is 42.5 Å². The highest BCUT2D eigenvalue weighted by molar-refractivity contribution is 5.95. The lowest BCUT2D eigenvalue weighted by molar-refractivity contribution is -0.309. The fourth-order valence-corrected chi connectivity index (χ4v) is 6.56. The van der Waals surface area contributed by atoms with Crippen molar-refractivity contribution >= 4 is 17.9 Å². The van der Waals surface area contributed by atoms with Gasteiger partial charge in [-0.2, -0.15) is 0 Å². The molecule has 1 aromatic rings. The molecule has 0 spiro atoms. The van der Waals surface area contributed by atoms with Crippen LogP contribution in [0.3, 0.4) is 0 Å². The van der Waals surface area contributed by atoms with Crippen LogP contribution in [-0.4, -0.2) is 89.8 Å². The molecule has 11 nitrogen and oxygen atoms in total. The standard InChI is InChI=1S/C46H76O11/c1-8-9-10-11-12-13-14-15-16-17-18-19-20-21-22-27-33-53-44-40(39(38(48)37(34-47)54-44)55-41(49)35-29-24-23-25-30-35)52-32-28-26-31-36(42(50)56-45(2,3)4)43(51)57-46(5,6)7/h10-11,23-25,29-30,36-40,44,47-48H,8-9,12-22,26-28,31-34H2,1-7H3/t37-,38+,39+,40-,44-/m1/s1. The van der Waals surface area contributed by atoms with E-state index in [0.717, 1.165) is 19.3 Å². The summed E-state index contributed by atoms with van der Waals surface area (Å²) in [6.07, 6.45) is 16.6. The van der Waals surface area contributed by atoms with E-state index < -0.39 is 72.3 Å². The Morgan fingerprint density at radius 1 is 0.702 bits per heavy atom. The molecule has 0 saturated carbocycles. The Balaban J connectivity index is 1.94. The fraction of sp³-hybridized carbons (Fsp3) is 0.761. The zero-order valence-electron chi connectivity index (χ0n) is 36.2. The number of carbonyl (C=O) groups excluding carboxylic acids is 3. The van der Waals surface area contributed by atoms with E-state index in [1.54, 1.807) is 71.9 Å². The van der Waals surface area contributed by atoms with E-state index in [-0.39, 0.29) is 13.0 Å². The van der Waals surface area contributed by atoms with Gasteiger partial charge in [0.15, 0.2) is 18.3 Å². The van der Waals surface area contributed by atoms with Crippen molar-refractivity contribution in [1.82, 2.24) is 0 Å².